The van der Waals surface area contributed by atoms with Gasteiger partial charge in [0.1, 0.15) is 6.61 Å². The van der Waals surface area contributed by atoms with Crippen molar-refractivity contribution >= 4 is 28.3 Å². The number of rotatable bonds is 4. The summed E-state index contributed by atoms with van der Waals surface area (Å²) in [5.74, 6) is -1.77. The standard InChI is InChI=1S/C19H16N2O3S/c1-13-6-5-9-15(10-13)16-12-25-19(20-16)21-17(22)18(23)24-11-14-7-3-2-4-8-14/h2-10,12H,11H2,1H3,(H,20,21,22). The number of esters is 1. The molecule has 0 fully saturated rings. The van der Waals surface area contributed by atoms with Crippen LogP contribution in [0.15, 0.2) is 60.0 Å². The highest BCUT2D eigenvalue weighted by Gasteiger charge is 2.17. The van der Waals surface area contributed by atoms with E-state index in [9.17, 15) is 9.59 Å². The van der Waals surface area contributed by atoms with Crippen molar-refractivity contribution in [1.82, 2.24) is 4.98 Å². The Morgan fingerprint density at radius 3 is 2.68 bits per heavy atom. The van der Waals surface area contributed by atoms with E-state index in [1.807, 2.05) is 66.9 Å². The first-order valence-electron chi connectivity index (χ1n) is 7.66. The molecular weight excluding hydrogens is 336 g/mol. The van der Waals surface area contributed by atoms with Crippen LogP contribution in [0.4, 0.5) is 5.13 Å². The van der Waals surface area contributed by atoms with Gasteiger partial charge in [0.05, 0.1) is 5.69 Å². The van der Waals surface area contributed by atoms with Gasteiger partial charge < -0.3 is 4.74 Å². The van der Waals surface area contributed by atoms with Crippen molar-refractivity contribution in [3.63, 3.8) is 0 Å². The van der Waals surface area contributed by atoms with E-state index >= 15 is 0 Å². The average molecular weight is 352 g/mol. The summed E-state index contributed by atoms with van der Waals surface area (Å²) in [6.07, 6.45) is 0. The van der Waals surface area contributed by atoms with E-state index in [1.54, 1.807) is 0 Å². The molecule has 0 aliphatic carbocycles. The molecule has 1 heterocycles. The SMILES string of the molecule is Cc1cccc(-c2csc(NC(=O)C(=O)OCc3ccccc3)n2)c1. The van der Waals surface area contributed by atoms with Crippen molar-refractivity contribution in [2.75, 3.05) is 5.32 Å². The molecule has 0 aliphatic rings. The maximum absolute atomic E-state index is 11.9. The topological polar surface area (TPSA) is 68.3 Å². The molecule has 0 spiro atoms. The number of nitrogens with one attached hydrogen (secondary N) is 1. The van der Waals surface area contributed by atoms with E-state index < -0.39 is 11.9 Å². The second-order valence-corrected chi connectivity index (χ2v) is 6.28. The summed E-state index contributed by atoms with van der Waals surface area (Å²) in [6.45, 7) is 2.06. The number of carbonyl (C=O) groups is 2. The zero-order chi connectivity index (χ0) is 17.6. The Hall–Kier alpha value is -2.99. The highest BCUT2D eigenvalue weighted by molar-refractivity contribution is 7.14. The Morgan fingerprint density at radius 1 is 1.12 bits per heavy atom. The fourth-order valence-electron chi connectivity index (χ4n) is 2.20. The molecule has 0 radical (unpaired) electrons. The van der Waals surface area contributed by atoms with Crippen molar-refractivity contribution in [1.29, 1.82) is 0 Å². The number of hydrogen-bond acceptors (Lipinski definition) is 5. The predicted octanol–water partition coefficient (Wildman–Crippen LogP) is 3.80. The van der Waals surface area contributed by atoms with Gasteiger partial charge in [0.15, 0.2) is 5.13 Å². The summed E-state index contributed by atoms with van der Waals surface area (Å²) in [5.41, 5.74) is 3.66. The van der Waals surface area contributed by atoms with Gasteiger partial charge in [-0.3, -0.25) is 10.1 Å². The highest BCUT2D eigenvalue weighted by Crippen LogP contribution is 2.25. The summed E-state index contributed by atoms with van der Waals surface area (Å²) in [6, 6.07) is 17.1. The summed E-state index contributed by atoms with van der Waals surface area (Å²) < 4.78 is 5.00. The van der Waals surface area contributed by atoms with Gasteiger partial charge in [0.25, 0.3) is 0 Å². The minimum absolute atomic E-state index is 0.0551. The lowest BCUT2D eigenvalue weighted by Crippen LogP contribution is -2.24. The van der Waals surface area contributed by atoms with Crippen LogP contribution in [0.25, 0.3) is 11.3 Å². The van der Waals surface area contributed by atoms with Crippen LogP contribution in [0.5, 0.6) is 0 Å². The lowest BCUT2D eigenvalue weighted by molar-refractivity contribution is -0.153. The Bertz CT molecular complexity index is 890. The lowest BCUT2D eigenvalue weighted by atomic mass is 10.1. The molecule has 1 amide bonds. The number of thiazole rings is 1. The van der Waals surface area contributed by atoms with E-state index in [0.29, 0.717) is 5.13 Å². The minimum atomic E-state index is -0.934. The van der Waals surface area contributed by atoms with Crippen molar-refractivity contribution in [2.24, 2.45) is 0 Å². The van der Waals surface area contributed by atoms with Gasteiger partial charge in [-0.15, -0.1) is 11.3 Å². The molecule has 25 heavy (non-hydrogen) atoms. The molecular formula is C19H16N2O3S. The van der Waals surface area contributed by atoms with Crippen LogP contribution >= 0.6 is 11.3 Å². The van der Waals surface area contributed by atoms with E-state index in [0.717, 1.165) is 22.4 Å². The third-order valence-electron chi connectivity index (χ3n) is 3.44. The molecule has 0 atom stereocenters. The number of amides is 1. The third-order valence-corrected chi connectivity index (χ3v) is 4.19. The van der Waals surface area contributed by atoms with Gasteiger partial charge >= 0.3 is 11.9 Å². The zero-order valence-electron chi connectivity index (χ0n) is 13.6. The van der Waals surface area contributed by atoms with Crippen LogP contribution in [0.2, 0.25) is 0 Å². The van der Waals surface area contributed by atoms with Gasteiger partial charge in [0, 0.05) is 10.9 Å². The molecule has 2 aromatic carbocycles. The molecule has 126 valence electrons. The van der Waals surface area contributed by atoms with Crippen molar-refractivity contribution in [2.45, 2.75) is 13.5 Å². The van der Waals surface area contributed by atoms with Crippen LogP contribution in [0.1, 0.15) is 11.1 Å². The van der Waals surface area contributed by atoms with Gasteiger partial charge in [-0.2, -0.15) is 0 Å². The molecule has 6 heteroatoms. The van der Waals surface area contributed by atoms with Crippen LogP contribution in [0, 0.1) is 6.92 Å². The smallest absolute Gasteiger partial charge is 0.397 e. The highest BCUT2D eigenvalue weighted by atomic mass is 32.1. The van der Waals surface area contributed by atoms with Crippen molar-refractivity contribution in [3.8, 4) is 11.3 Å². The molecule has 0 saturated heterocycles. The number of hydrogen-bond donors (Lipinski definition) is 1. The average Bonchev–Trinajstić information content (AvgIpc) is 3.09. The second-order valence-electron chi connectivity index (χ2n) is 5.42. The first-order chi connectivity index (χ1) is 12.1. The van der Waals surface area contributed by atoms with E-state index in [4.69, 9.17) is 4.74 Å². The molecule has 3 rings (SSSR count). The first kappa shape index (κ1) is 16.9. The fraction of sp³-hybridized carbons (Fsp3) is 0.105. The Labute approximate surface area is 149 Å². The van der Waals surface area contributed by atoms with E-state index in [-0.39, 0.29) is 6.61 Å². The summed E-state index contributed by atoms with van der Waals surface area (Å²) in [4.78, 5) is 28.0. The van der Waals surface area contributed by atoms with Crippen LogP contribution < -0.4 is 5.32 Å². The number of ether oxygens (including phenoxy) is 1. The molecule has 1 aromatic heterocycles. The Kier molecular flexibility index (Phi) is 5.20. The largest absolute Gasteiger partial charge is 0.454 e. The number of nitrogens with zero attached hydrogens (tertiary/aromatic N) is 1. The van der Waals surface area contributed by atoms with Crippen molar-refractivity contribution < 1.29 is 14.3 Å². The van der Waals surface area contributed by atoms with Crippen LogP contribution in [-0.4, -0.2) is 16.9 Å². The molecule has 0 aliphatic heterocycles. The monoisotopic (exact) mass is 352 g/mol. The van der Waals surface area contributed by atoms with Gasteiger partial charge in [0.2, 0.25) is 0 Å². The van der Waals surface area contributed by atoms with Gasteiger partial charge in [-0.1, -0.05) is 54.1 Å². The Balaban J connectivity index is 1.58. The number of aryl methyl sites for hydroxylation is 1. The third kappa shape index (κ3) is 4.51. The van der Waals surface area contributed by atoms with Crippen LogP contribution in [0.3, 0.4) is 0 Å². The van der Waals surface area contributed by atoms with Gasteiger partial charge in [-0.05, 0) is 18.6 Å². The fourth-order valence-corrected chi connectivity index (χ4v) is 2.92. The summed E-state index contributed by atoms with van der Waals surface area (Å²) >= 11 is 1.26. The van der Waals surface area contributed by atoms with Gasteiger partial charge in [-0.25, -0.2) is 9.78 Å². The van der Waals surface area contributed by atoms with E-state index in [2.05, 4.69) is 10.3 Å². The Morgan fingerprint density at radius 2 is 1.92 bits per heavy atom. The molecule has 0 unspecified atom stereocenters. The van der Waals surface area contributed by atoms with Crippen LogP contribution in [-0.2, 0) is 20.9 Å². The lowest BCUT2D eigenvalue weighted by Gasteiger charge is -2.04. The molecule has 0 saturated carbocycles. The zero-order valence-corrected chi connectivity index (χ0v) is 14.4. The maximum atomic E-state index is 11.9. The molecule has 0 bridgehead atoms. The normalized spacial score (nSPS) is 10.3. The number of anilines is 1. The second kappa shape index (κ2) is 7.72. The van der Waals surface area contributed by atoms with Crippen molar-refractivity contribution in [3.05, 3.63) is 71.1 Å². The number of carbonyl (C=O) groups excluding carboxylic acids is 2. The number of benzene rings is 2. The molecule has 3 aromatic rings. The first-order valence-corrected chi connectivity index (χ1v) is 8.54. The molecule has 5 nitrogen and oxygen atoms in total. The number of aromatic nitrogens is 1. The predicted molar refractivity (Wildman–Crippen MR) is 97.2 cm³/mol. The quantitative estimate of drug-likeness (QED) is 0.573. The van der Waals surface area contributed by atoms with E-state index in [1.165, 1.54) is 11.3 Å². The maximum Gasteiger partial charge on any atom is 0.397 e. The molecule has 1 N–H and O–H groups in total. The summed E-state index contributed by atoms with van der Waals surface area (Å²) in [5, 5.41) is 4.67. The summed E-state index contributed by atoms with van der Waals surface area (Å²) in [7, 11) is 0. The minimum Gasteiger partial charge on any atom is -0.454 e.